The zero-order chi connectivity index (χ0) is 21.6. The number of amides is 1. The molecule has 2 heterocycles. The van der Waals surface area contributed by atoms with Crippen molar-refractivity contribution in [3.8, 4) is 22.6 Å². The van der Waals surface area contributed by atoms with E-state index in [1.807, 2.05) is 60.1 Å². The van der Waals surface area contributed by atoms with E-state index < -0.39 is 0 Å². The topological polar surface area (TPSA) is 101 Å². The van der Waals surface area contributed by atoms with E-state index in [1.54, 1.807) is 18.5 Å². The summed E-state index contributed by atoms with van der Waals surface area (Å²) in [5.41, 5.74) is 5.98. The number of aromatic amines is 1. The standard InChI is InChI=1S/C21H18ClN7OS/c1-29-20(15-8-5-9-17(22)10-15)27-28-21(29)31-13-18(30)25-23-11-16-12-24-26-19(16)14-6-3-2-4-7-14/h2-12H,13H2,1H3,(H,24,26)(H,25,30)/b23-11-. The van der Waals surface area contributed by atoms with E-state index in [4.69, 9.17) is 11.6 Å². The van der Waals surface area contributed by atoms with Gasteiger partial charge in [-0.15, -0.1) is 10.2 Å². The fourth-order valence-electron chi connectivity index (χ4n) is 2.89. The van der Waals surface area contributed by atoms with Crippen molar-refractivity contribution in [1.82, 2.24) is 30.4 Å². The molecule has 0 atom stereocenters. The van der Waals surface area contributed by atoms with Crippen LogP contribution in [0.5, 0.6) is 0 Å². The van der Waals surface area contributed by atoms with Crippen molar-refractivity contribution in [3.05, 3.63) is 71.4 Å². The van der Waals surface area contributed by atoms with Crippen molar-refractivity contribution >= 4 is 35.5 Å². The minimum atomic E-state index is -0.252. The Morgan fingerprint density at radius 2 is 2.00 bits per heavy atom. The molecule has 10 heteroatoms. The summed E-state index contributed by atoms with van der Waals surface area (Å²) < 4.78 is 1.82. The highest BCUT2D eigenvalue weighted by Gasteiger charge is 2.13. The molecule has 0 spiro atoms. The minimum absolute atomic E-state index is 0.149. The molecular weight excluding hydrogens is 434 g/mol. The number of nitrogens with one attached hydrogen (secondary N) is 2. The fourth-order valence-corrected chi connectivity index (χ4v) is 3.78. The molecule has 2 aromatic heterocycles. The van der Waals surface area contributed by atoms with Gasteiger partial charge in [-0.3, -0.25) is 9.89 Å². The van der Waals surface area contributed by atoms with E-state index in [0.29, 0.717) is 16.0 Å². The van der Waals surface area contributed by atoms with Crippen molar-refractivity contribution < 1.29 is 4.79 Å². The van der Waals surface area contributed by atoms with Gasteiger partial charge in [0, 0.05) is 28.8 Å². The van der Waals surface area contributed by atoms with Crippen LogP contribution in [-0.4, -0.2) is 42.8 Å². The Kier molecular flexibility index (Phi) is 6.44. The molecule has 0 bridgehead atoms. The Morgan fingerprint density at radius 3 is 2.81 bits per heavy atom. The molecule has 156 valence electrons. The molecule has 0 unspecified atom stereocenters. The number of hydrazone groups is 1. The number of rotatable bonds is 7. The van der Waals surface area contributed by atoms with E-state index in [0.717, 1.165) is 22.4 Å². The first kappa shape index (κ1) is 20.8. The number of halogens is 1. The van der Waals surface area contributed by atoms with Crippen LogP contribution in [0.1, 0.15) is 5.56 Å². The van der Waals surface area contributed by atoms with Crippen LogP contribution in [0.15, 0.2) is 71.1 Å². The Balaban J connectivity index is 1.34. The summed E-state index contributed by atoms with van der Waals surface area (Å²) in [4.78, 5) is 12.2. The second kappa shape index (κ2) is 9.59. The maximum absolute atomic E-state index is 12.2. The molecule has 0 aliphatic rings. The molecule has 0 aliphatic carbocycles. The summed E-state index contributed by atoms with van der Waals surface area (Å²) in [6.45, 7) is 0. The van der Waals surface area contributed by atoms with Gasteiger partial charge >= 0.3 is 0 Å². The Bertz CT molecular complexity index is 1220. The molecular formula is C21H18ClN7OS. The lowest BCUT2D eigenvalue weighted by molar-refractivity contribution is -0.118. The lowest BCUT2D eigenvalue weighted by atomic mass is 10.1. The Labute approximate surface area is 187 Å². The highest BCUT2D eigenvalue weighted by Crippen LogP contribution is 2.24. The average molecular weight is 452 g/mol. The number of carbonyl (C=O) groups is 1. The summed E-state index contributed by atoms with van der Waals surface area (Å²) >= 11 is 7.33. The van der Waals surface area contributed by atoms with Crippen LogP contribution in [0, 0.1) is 0 Å². The van der Waals surface area contributed by atoms with Crippen LogP contribution < -0.4 is 5.43 Å². The van der Waals surface area contributed by atoms with E-state index in [1.165, 1.54) is 11.8 Å². The summed E-state index contributed by atoms with van der Waals surface area (Å²) in [7, 11) is 1.85. The van der Waals surface area contributed by atoms with Crippen LogP contribution in [0.4, 0.5) is 0 Å². The van der Waals surface area contributed by atoms with Crippen molar-refractivity contribution in [3.63, 3.8) is 0 Å². The number of aromatic nitrogens is 5. The minimum Gasteiger partial charge on any atom is -0.305 e. The van der Waals surface area contributed by atoms with Crippen LogP contribution in [-0.2, 0) is 11.8 Å². The lowest BCUT2D eigenvalue weighted by Gasteiger charge is -2.04. The first-order valence-corrected chi connectivity index (χ1v) is 10.7. The van der Waals surface area contributed by atoms with Gasteiger partial charge in [0.2, 0.25) is 0 Å². The SMILES string of the molecule is Cn1c(SCC(=O)N/N=C\c2cn[nH]c2-c2ccccc2)nnc1-c1cccc(Cl)c1. The maximum Gasteiger partial charge on any atom is 0.250 e. The van der Waals surface area contributed by atoms with Crippen molar-refractivity contribution in [1.29, 1.82) is 0 Å². The van der Waals surface area contributed by atoms with Gasteiger partial charge in [0.05, 0.1) is 23.9 Å². The number of hydrogen-bond acceptors (Lipinski definition) is 6. The predicted molar refractivity (Wildman–Crippen MR) is 122 cm³/mol. The number of nitrogens with zero attached hydrogens (tertiary/aromatic N) is 5. The monoisotopic (exact) mass is 451 g/mol. The van der Waals surface area contributed by atoms with Gasteiger partial charge in [0.25, 0.3) is 5.91 Å². The number of carbonyl (C=O) groups excluding carboxylic acids is 1. The number of benzene rings is 2. The summed E-state index contributed by atoms with van der Waals surface area (Å²) in [5.74, 6) is 0.575. The van der Waals surface area contributed by atoms with Gasteiger partial charge in [-0.25, -0.2) is 5.43 Å². The van der Waals surface area contributed by atoms with Crippen LogP contribution in [0.2, 0.25) is 5.02 Å². The summed E-state index contributed by atoms with van der Waals surface area (Å²) in [6.07, 6.45) is 3.22. The fraction of sp³-hybridized carbons (Fsp3) is 0.0952. The molecule has 0 saturated heterocycles. The molecule has 2 N–H and O–H groups in total. The van der Waals surface area contributed by atoms with Gasteiger partial charge in [0.1, 0.15) is 0 Å². The lowest BCUT2D eigenvalue weighted by Crippen LogP contribution is -2.19. The van der Waals surface area contributed by atoms with Gasteiger partial charge < -0.3 is 4.57 Å². The number of H-pyrrole nitrogens is 1. The van der Waals surface area contributed by atoms with Crippen LogP contribution in [0.25, 0.3) is 22.6 Å². The molecule has 4 aromatic rings. The summed E-state index contributed by atoms with van der Waals surface area (Å²) in [6, 6.07) is 17.2. The molecule has 1 amide bonds. The van der Waals surface area contributed by atoms with Gasteiger partial charge in [-0.2, -0.15) is 10.2 Å². The second-order valence-electron chi connectivity index (χ2n) is 6.52. The molecule has 8 nitrogen and oxygen atoms in total. The van der Waals surface area contributed by atoms with Gasteiger partial charge in [-0.05, 0) is 12.1 Å². The zero-order valence-electron chi connectivity index (χ0n) is 16.5. The van der Waals surface area contributed by atoms with Crippen molar-refractivity contribution in [2.75, 3.05) is 5.75 Å². The van der Waals surface area contributed by atoms with Gasteiger partial charge in [-0.1, -0.05) is 65.8 Å². The van der Waals surface area contributed by atoms with E-state index in [-0.39, 0.29) is 11.7 Å². The Hall–Kier alpha value is -3.43. The molecule has 4 rings (SSSR count). The highest BCUT2D eigenvalue weighted by atomic mass is 35.5. The van der Waals surface area contributed by atoms with Crippen LogP contribution >= 0.6 is 23.4 Å². The van der Waals surface area contributed by atoms with Crippen molar-refractivity contribution in [2.24, 2.45) is 12.1 Å². The largest absolute Gasteiger partial charge is 0.305 e. The van der Waals surface area contributed by atoms with Gasteiger partial charge in [0.15, 0.2) is 11.0 Å². The third-order valence-corrected chi connectivity index (χ3v) is 5.63. The molecule has 2 aromatic carbocycles. The predicted octanol–water partition coefficient (Wildman–Crippen LogP) is 3.77. The molecule has 31 heavy (non-hydrogen) atoms. The summed E-state index contributed by atoms with van der Waals surface area (Å²) in [5, 5.41) is 20.7. The van der Waals surface area contributed by atoms with Crippen LogP contribution in [0.3, 0.4) is 0 Å². The number of hydrogen-bond donors (Lipinski definition) is 2. The second-order valence-corrected chi connectivity index (χ2v) is 7.90. The number of thioether (sulfide) groups is 1. The maximum atomic E-state index is 12.2. The Morgan fingerprint density at radius 1 is 1.19 bits per heavy atom. The molecule has 0 aliphatic heterocycles. The van der Waals surface area contributed by atoms with E-state index in [9.17, 15) is 4.79 Å². The molecule has 0 saturated carbocycles. The van der Waals surface area contributed by atoms with E-state index in [2.05, 4.69) is 30.9 Å². The molecule has 0 fully saturated rings. The normalized spacial score (nSPS) is 11.2. The average Bonchev–Trinajstić information content (AvgIpc) is 3.39. The first-order valence-electron chi connectivity index (χ1n) is 9.30. The highest BCUT2D eigenvalue weighted by molar-refractivity contribution is 7.99. The third-order valence-electron chi connectivity index (χ3n) is 4.37. The molecule has 0 radical (unpaired) electrons. The van der Waals surface area contributed by atoms with E-state index >= 15 is 0 Å². The zero-order valence-corrected chi connectivity index (χ0v) is 18.1. The van der Waals surface area contributed by atoms with Crippen molar-refractivity contribution in [2.45, 2.75) is 5.16 Å². The quantitative estimate of drug-likeness (QED) is 0.253. The third kappa shape index (κ3) is 5.01. The smallest absolute Gasteiger partial charge is 0.250 e. The first-order chi connectivity index (χ1) is 15.1.